The topological polar surface area (TPSA) is 79.4 Å². The van der Waals surface area contributed by atoms with Gasteiger partial charge in [-0.05, 0) is 44.2 Å². The van der Waals surface area contributed by atoms with Crippen molar-refractivity contribution in [3.63, 3.8) is 0 Å². The molecule has 4 fully saturated rings. The fourth-order valence-electron chi connectivity index (χ4n) is 4.05. The zero-order valence-corrected chi connectivity index (χ0v) is 21.6. The molecule has 0 radical (unpaired) electrons. The predicted molar refractivity (Wildman–Crippen MR) is 128 cm³/mol. The van der Waals surface area contributed by atoms with Crippen LogP contribution in [0.5, 0.6) is 0 Å². The lowest BCUT2D eigenvalue weighted by Gasteiger charge is -2.40. The van der Waals surface area contributed by atoms with Crippen LogP contribution < -0.4 is 0 Å². The minimum Gasteiger partial charge on any atom is -0.441 e. The van der Waals surface area contributed by atoms with E-state index in [2.05, 4.69) is 6.92 Å². The van der Waals surface area contributed by atoms with Crippen molar-refractivity contribution in [1.82, 2.24) is 14.1 Å². The van der Waals surface area contributed by atoms with E-state index in [0.717, 1.165) is 20.6 Å². The second kappa shape index (κ2) is 10.0. The van der Waals surface area contributed by atoms with Gasteiger partial charge in [0.15, 0.2) is 0 Å². The molecular formula is C23H35N3O5S2. The first-order valence-electron chi connectivity index (χ1n) is 11.8. The molecule has 3 heterocycles. The number of thiophene rings is 1. The number of rotatable bonds is 4. The van der Waals surface area contributed by atoms with Crippen LogP contribution in [0.25, 0.3) is 0 Å². The highest BCUT2D eigenvalue weighted by Crippen LogP contribution is 2.47. The van der Waals surface area contributed by atoms with E-state index >= 15 is 0 Å². The quantitative estimate of drug-likeness (QED) is 0.639. The third-order valence-electron chi connectivity index (χ3n) is 6.67. The van der Waals surface area contributed by atoms with E-state index in [1.807, 2.05) is 24.2 Å². The van der Waals surface area contributed by atoms with Crippen molar-refractivity contribution < 1.29 is 23.3 Å². The van der Waals surface area contributed by atoms with Crippen LogP contribution in [0.3, 0.4) is 0 Å². The lowest BCUT2D eigenvalue weighted by molar-refractivity contribution is -0.134. The molecule has 2 saturated heterocycles. The number of morpholine rings is 1. The zero-order chi connectivity index (χ0) is 23.8. The average molecular weight is 498 g/mol. The monoisotopic (exact) mass is 497 g/mol. The smallest absolute Gasteiger partial charge is 0.410 e. The maximum Gasteiger partial charge on any atom is 0.410 e. The molecule has 2 aliphatic heterocycles. The lowest BCUT2D eigenvalue weighted by Crippen LogP contribution is -2.57. The fraction of sp³-hybridized carbons (Fsp3) is 0.739. The molecule has 0 spiro atoms. The Morgan fingerprint density at radius 2 is 1.94 bits per heavy atom. The third kappa shape index (κ3) is 5.78. The predicted octanol–water partition coefficient (Wildman–Crippen LogP) is 2.95. The Kier molecular flexibility index (Phi) is 7.47. The van der Waals surface area contributed by atoms with Crippen molar-refractivity contribution in [3.05, 3.63) is 16.5 Å². The minimum absolute atomic E-state index is 0.0376. The molecule has 0 N–H and O–H groups in total. The summed E-state index contributed by atoms with van der Waals surface area (Å²) in [6, 6.07) is 1.79. The van der Waals surface area contributed by atoms with E-state index in [1.54, 1.807) is 23.3 Å². The first-order valence-corrected chi connectivity index (χ1v) is 13.7. The molecule has 0 aromatic carbocycles. The molecule has 33 heavy (non-hydrogen) atoms. The summed E-state index contributed by atoms with van der Waals surface area (Å²) in [7, 11) is 0.409. The molecular weight excluding hydrogens is 462 g/mol. The summed E-state index contributed by atoms with van der Waals surface area (Å²) < 4.78 is 27.8. The number of likely N-dealkylation sites (N-methyl/N-ethyl adjacent to an activating group) is 1. The highest BCUT2D eigenvalue weighted by Gasteiger charge is 2.58. The maximum atomic E-state index is 13.4. The molecule has 5 rings (SSSR count). The van der Waals surface area contributed by atoms with Gasteiger partial charge in [0.25, 0.3) is 0 Å². The number of aryl methyl sites for hydroxylation is 2. The second-order valence-electron chi connectivity index (χ2n) is 9.66. The van der Waals surface area contributed by atoms with E-state index in [-0.39, 0.29) is 18.5 Å². The van der Waals surface area contributed by atoms with Gasteiger partial charge in [0, 0.05) is 31.6 Å². The van der Waals surface area contributed by atoms with Gasteiger partial charge in [-0.3, -0.25) is 9.69 Å². The number of hydrogen-bond acceptors (Lipinski definition) is 6. The molecule has 0 bridgehead atoms. The van der Waals surface area contributed by atoms with Gasteiger partial charge in [0.1, 0.15) is 27.3 Å². The molecule has 1 aromatic rings. The fourth-order valence-corrected chi connectivity index (χ4v) is 7.03. The van der Waals surface area contributed by atoms with Crippen LogP contribution in [-0.4, -0.2) is 88.4 Å². The first kappa shape index (κ1) is 24.6. The molecule has 4 aliphatic rings. The van der Waals surface area contributed by atoms with Crippen LogP contribution in [0.2, 0.25) is 0 Å². The van der Waals surface area contributed by atoms with Crippen molar-refractivity contribution in [2.45, 2.75) is 62.3 Å². The molecule has 184 valence electrons. The van der Waals surface area contributed by atoms with Crippen molar-refractivity contribution in [1.29, 1.82) is 0 Å². The zero-order valence-electron chi connectivity index (χ0n) is 20.0. The van der Waals surface area contributed by atoms with Gasteiger partial charge in [0.05, 0.1) is 19.3 Å². The summed E-state index contributed by atoms with van der Waals surface area (Å²) in [6.07, 6.45) is 3.93. The van der Waals surface area contributed by atoms with E-state index < -0.39 is 22.7 Å². The SMILES string of the molecule is CC1CC1.Cc1cc(C)c(S(=O)N2CCOC[C@@H]2C2(OC(=O)N3CCN(C)C(=O)C3)CC2)s1. The van der Waals surface area contributed by atoms with Gasteiger partial charge < -0.3 is 14.4 Å². The van der Waals surface area contributed by atoms with E-state index in [1.165, 1.54) is 17.7 Å². The third-order valence-corrected chi connectivity index (χ3v) is 9.80. The number of nitrogens with zero attached hydrogens (tertiary/aromatic N) is 3. The lowest BCUT2D eigenvalue weighted by atomic mass is 10.1. The van der Waals surface area contributed by atoms with Crippen molar-refractivity contribution >= 4 is 34.3 Å². The largest absolute Gasteiger partial charge is 0.441 e. The van der Waals surface area contributed by atoms with Crippen LogP contribution in [0.15, 0.2) is 10.3 Å². The van der Waals surface area contributed by atoms with E-state index in [0.29, 0.717) is 45.7 Å². The van der Waals surface area contributed by atoms with Crippen molar-refractivity contribution in [2.75, 3.05) is 46.4 Å². The molecule has 2 saturated carbocycles. The van der Waals surface area contributed by atoms with Gasteiger partial charge in [-0.25, -0.2) is 13.3 Å². The summed E-state index contributed by atoms with van der Waals surface area (Å²) in [5.74, 6) is 0.991. The van der Waals surface area contributed by atoms with E-state index in [9.17, 15) is 13.8 Å². The summed E-state index contributed by atoms with van der Waals surface area (Å²) in [6.45, 7) is 8.67. The van der Waals surface area contributed by atoms with Gasteiger partial charge in [-0.15, -0.1) is 11.3 Å². The Labute approximate surface area is 202 Å². The van der Waals surface area contributed by atoms with E-state index in [4.69, 9.17) is 9.47 Å². The standard InChI is InChI=1S/C19H27N3O5S2.C4H8/c1-13-10-14(2)28-17(13)29(25)22-8-9-26-12-15(22)19(4-5-19)27-18(24)21-7-6-20(3)16(23)11-21;1-4-2-3-4/h10,15H,4-9,11-12H2,1-3H3;4H,2-3H2,1H3/t15-,29?;/m1./s1. The number of amides is 2. The minimum atomic E-state index is -1.32. The molecule has 1 unspecified atom stereocenters. The summed E-state index contributed by atoms with van der Waals surface area (Å²) in [5, 5.41) is 0. The van der Waals surface area contributed by atoms with Crippen LogP contribution in [0.4, 0.5) is 4.79 Å². The summed E-state index contributed by atoms with van der Waals surface area (Å²) in [5.41, 5.74) is 0.327. The molecule has 1 aromatic heterocycles. The number of hydrogen-bond donors (Lipinski definition) is 0. The normalized spacial score (nSPS) is 25.8. The average Bonchev–Trinajstić information content (AvgIpc) is 3.71. The molecule has 2 atom stereocenters. The Morgan fingerprint density at radius 3 is 2.48 bits per heavy atom. The Bertz CT molecular complexity index is 912. The number of carbonyl (C=O) groups excluding carboxylic acids is 2. The number of carbonyl (C=O) groups is 2. The Hall–Kier alpha value is -1.49. The van der Waals surface area contributed by atoms with Crippen LogP contribution >= 0.6 is 11.3 Å². The molecule has 8 nitrogen and oxygen atoms in total. The van der Waals surface area contributed by atoms with Crippen molar-refractivity contribution in [3.8, 4) is 0 Å². The van der Waals surface area contributed by atoms with Gasteiger partial charge in [-0.2, -0.15) is 0 Å². The highest BCUT2D eigenvalue weighted by molar-refractivity contribution is 7.85. The number of piperazine rings is 1. The summed E-state index contributed by atoms with van der Waals surface area (Å²) >= 11 is 1.55. The van der Waals surface area contributed by atoms with Crippen LogP contribution in [0.1, 0.15) is 43.0 Å². The van der Waals surface area contributed by atoms with Crippen molar-refractivity contribution in [2.24, 2.45) is 5.92 Å². The summed E-state index contributed by atoms with van der Waals surface area (Å²) in [4.78, 5) is 28.9. The van der Waals surface area contributed by atoms with Crippen LogP contribution in [-0.2, 0) is 25.3 Å². The Morgan fingerprint density at radius 1 is 1.24 bits per heavy atom. The van der Waals surface area contributed by atoms with Crippen LogP contribution in [0, 0.1) is 19.8 Å². The van der Waals surface area contributed by atoms with Gasteiger partial charge in [-0.1, -0.05) is 19.8 Å². The van der Waals surface area contributed by atoms with Gasteiger partial charge in [0.2, 0.25) is 5.91 Å². The van der Waals surface area contributed by atoms with Gasteiger partial charge >= 0.3 is 6.09 Å². The molecule has 2 aliphatic carbocycles. The second-order valence-corrected chi connectivity index (χ2v) is 12.6. The Balaban J connectivity index is 0.000000586. The maximum absolute atomic E-state index is 13.4. The first-order chi connectivity index (χ1) is 15.7. The molecule has 2 amide bonds. The number of ether oxygens (including phenoxy) is 2. The molecule has 10 heteroatoms. The highest BCUT2D eigenvalue weighted by atomic mass is 32.2.